The van der Waals surface area contributed by atoms with Crippen molar-refractivity contribution in [2.45, 2.75) is 20.0 Å². The van der Waals surface area contributed by atoms with Crippen molar-refractivity contribution < 1.29 is 29.3 Å². The summed E-state index contributed by atoms with van der Waals surface area (Å²) in [5.41, 5.74) is 0.388. The van der Waals surface area contributed by atoms with Gasteiger partial charge >= 0.3 is 12.1 Å². The van der Waals surface area contributed by atoms with Gasteiger partial charge in [0.15, 0.2) is 11.5 Å². The van der Waals surface area contributed by atoms with E-state index in [-0.39, 0.29) is 11.5 Å². The number of phenolic OH excluding ortho intramolecular Hbond substituents is 1. The molecule has 0 spiro atoms. The number of phenols is 1. The second kappa shape index (κ2) is 9.47. The molecule has 3 N–H and O–H groups in total. The molecule has 0 aromatic heterocycles. The molecule has 2 aromatic carbocycles. The summed E-state index contributed by atoms with van der Waals surface area (Å²) in [4.78, 5) is 23.5. The molecule has 0 unspecified atom stereocenters. The number of ether oxygens (including phenoxy) is 2. The largest absolute Gasteiger partial charge is 0.504 e. The molecule has 0 saturated heterocycles. The highest BCUT2D eigenvalue weighted by molar-refractivity contribution is 5.85. The van der Waals surface area contributed by atoms with Crippen LogP contribution in [0.4, 0.5) is 10.5 Å². The number of hydrogen-bond donors (Lipinski definition) is 3. The van der Waals surface area contributed by atoms with E-state index in [0.717, 1.165) is 6.08 Å². The van der Waals surface area contributed by atoms with Crippen molar-refractivity contribution >= 4 is 17.7 Å². The summed E-state index contributed by atoms with van der Waals surface area (Å²) >= 11 is 0. The van der Waals surface area contributed by atoms with Crippen molar-refractivity contribution in [1.82, 2.24) is 0 Å². The molecule has 8 nitrogen and oxygen atoms in total. The Morgan fingerprint density at radius 3 is 2.40 bits per heavy atom. The minimum Gasteiger partial charge on any atom is -0.504 e. The van der Waals surface area contributed by atoms with E-state index < -0.39 is 23.6 Å². The number of nitrogens with one attached hydrogen (secondary N) is 1. The Bertz CT molecular complexity index is 990. The number of carbonyl (C=O) groups excluding carboxylic acids is 1. The highest BCUT2D eigenvalue weighted by Crippen LogP contribution is 2.41. The molecule has 8 heteroatoms. The van der Waals surface area contributed by atoms with E-state index in [0.29, 0.717) is 16.8 Å². The molecule has 0 bridgehead atoms. The van der Waals surface area contributed by atoms with Gasteiger partial charge in [0.05, 0.1) is 18.7 Å². The van der Waals surface area contributed by atoms with Crippen LogP contribution in [-0.4, -0.2) is 29.4 Å². The Labute approximate surface area is 174 Å². The van der Waals surface area contributed by atoms with E-state index >= 15 is 0 Å². The Morgan fingerprint density at radius 2 is 1.87 bits per heavy atom. The Hall–Kier alpha value is -3.99. The van der Waals surface area contributed by atoms with Crippen LogP contribution in [0.15, 0.2) is 54.6 Å². The Kier molecular flexibility index (Phi) is 7.04. The number of anilines is 1. The number of nitrogens with zero attached hydrogens (tertiary/aromatic N) is 1. The van der Waals surface area contributed by atoms with Crippen molar-refractivity contribution in [2.75, 3.05) is 12.4 Å². The van der Waals surface area contributed by atoms with Gasteiger partial charge in [-0.05, 0) is 42.0 Å². The molecule has 0 aliphatic carbocycles. The molecule has 0 aliphatic heterocycles. The van der Waals surface area contributed by atoms with Crippen LogP contribution in [0.5, 0.6) is 11.5 Å². The first-order valence-electron chi connectivity index (χ1n) is 8.93. The monoisotopic (exact) mass is 410 g/mol. The van der Waals surface area contributed by atoms with Crippen molar-refractivity contribution in [3.63, 3.8) is 0 Å². The molecular weight excluding hydrogens is 388 g/mol. The smallest absolute Gasteiger partial charge is 0.412 e. The Morgan fingerprint density at radius 1 is 1.20 bits per heavy atom. The van der Waals surface area contributed by atoms with Gasteiger partial charge in [-0.15, -0.1) is 0 Å². The van der Waals surface area contributed by atoms with Gasteiger partial charge in [-0.3, -0.25) is 5.32 Å². The average Bonchev–Trinajstić information content (AvgIpc) is 2.71. The highest BCUT2D eigenvalue weighted by Gasteiger charge is 2.33. The number of aromatic hydroxyl groups is 1. The van der Waals surface area contributed by atoms with E-state index in [9.17, 15) is 14.7 Å². The van der Waals surface area contributed by atoms with Crippen LogP contribution in [0.1, 0.15) is 31.1 Å². The van der Waals surface area contributed by atoms with Gasteiger partial charge in [-0.1, -0.05) is 26.0 Å². The number of nitriles is 1. The fourth-order valence-corrected chi connectivity index (χ4v) is 2.78. The number of benzene rings is 2. The second-order valence-electron chi connectivity index (χ2n) is 7.02. The molecule has 2 rings (SSSR count). The number of carboxylic acids is 1. The molecule has 1 atom stereocenters. The van der Waals surface area contributed by atoms with Crippen LogP contribution in [0, 0.1) is 16.7 Å². The van der Waals surface area contributed by atoms with E-state index in [1.54, 1.807) is 44.2 Å². The maximum Gasteiger partial charge on any atom is 0.412 e. The zero-order chi connectivity index (χ0) is 22.3. The summed E-state index contributed by atoms with van der Waals surface area (Å²) in [6, 6.07) is 12.7. The van der Waals surface area contributed by atoms with Gasteiger partial charge in [0.1, 0.15) is 6.10 Å². The standard InChI is InChI=1S/C22H22N2O6/c1-22(2,11-10-19(26)27)20(15-6-9-18(29-3)17(25)12-15)30-21(28)24-16-7-4-14(13-23)5-8-16/h4-12,20,25H,1-3H3,(H,24,28)(H,26,27)/b11-10+/t20-/m0/s1. The number of rotatable bonds is 7. The van der Waals surface area contributed by atoms with Crippen molar-refractivity contribution in [1.29, 1.82) is 5.26 Å². The molecule has 2 aromatic rings. The Balaban J connectivity index is 2.32. The van der Waals surface area contributed by atoms with Crippen LogP contribution in [0.2, 0.25) is 0 Å². The van der Waals surface area contributed by atoms with Gasteiger partial charge in [0, 0.05) is 17.2 Å². The maximum atomic E-state index is 12.5. The fourth-order valence-electron chi connectivity index (χ4n) is 2.78. The SMILES string of the molecule is COc1ccc([C@H](OC(=O)Nc2ccc(C#N)cc2)C(C)(C)/C=C/C(=O)O)cc1O. The molecule has 1 amide bonds. The number of methoxy groups -OCH3 is 1. The van der Waals surface area contributed by atoms with Crippen molar-refractivity contribution in [2.24, 2.45) is 5.41 Å². The van der Waals surface area contributed by atoms with Crippen LogP contribution in [-0.2, 0) is 9.53 Å². The molecule has 0 saturated carbocycles. The quantitative estimate of drug-likeness (QED) is 0.583. The lowest BCUT2D eigenvalue weighted by molar-refractivity contribution is -0.131. The second-order valence-corrected chi connectivity index (χ2v) is 7.02. The molecule has 0 fully saturated rings. The fraction of sp³-hybridized carbons (Fsp3) is 0.227. The predicted molar refractivity (Wildman–Crippen MR) is 109 cm³/mol. The molecule has 156 valence electrons. The third-order valence-electron chi connectivity index (χ3n) is 4.32. The summed E-state index contributed by atoms with van der Waals surface area (Å²) in [5.74, 6) is -1.03. The minimum absolute atomic E-state index is 0.144. The first kappa shape index (κ1) is 22.3. The predicted octanol–water partition coefficient (Wildman–Crippen LogP) is 4.23. The van der Waals surface area contributed by atoms with E-state index in [4.69, 9.17) is 19.8 Å². The van der Waals surface area contributed by atoms with Crippen LogP contribution < -0.4 is 10.1 Å². The van der Waals surface area contributed by atoms with Gasteiger partial charge < -0.3 is 19.7 Å². The molecule has 0 radical (unpaired) electrons. The first-order valence-corrected chi connectivity index (χ1v) is 8.93. The van der Waals surface area contributed by atoms with Gasteiger partial charge in [-0.2, -0.15) is 5.26 Å². The molecule has 0 heterocycles. The van der Waals surface area contributed by atoms with Gasteiger partial charge in [0.2, 0.25) is 0 Å². The van der Waals surface area contributed by atoms with Crippen molar-refractivity contribution in [3.05, 3.63) is 65.7 Å². The number of hydrogen-bond acceptors (Lipinski definition) is 6. The van der Waals surface area contributed by atoms with Crippen LogP contribution in [0.3, 0.4) is 0 Å². The van der Waals surface area contributed by atoms with Gasteiger partial charge in [0.25, 0.3) is 0 Å². The third-order valence-corrected chi connectivity index (χ3v) is 4.32. The lowest BCUT2D eigenvalue weighted by atomic mass is 9.82. The van der Waals surface area contributed by atoms with Crippen LogP contribution >= 0.6 is 0 Å². The number of carbonyl (C=O) groups is 2. The lowest BCUT2D eigenvalue weighted by Gasteiger charge is -2.31. The van der Waals surface area contributed by atoms with Crippen molar-refractivity contribution in [3.8, 4) is 17.6 Å². The minimum atomic E-state index is -1.14. The number of amides is 1. The van der Waals surface area contributed by atoms with Crippen LogP contribution in [0.25, 0.3) is 0 Å². The summed E-state index contributed by atoms with van der Waals surface area (Å²) in [6.07, 6.45) is 0.675. The number of carboxylic acid groups (broad SMARTS) is 1. The average molecular weight is 410 g/mol. The van der Waals surface area contributed by atoms with E-state index in [2.05, 4.69) is 5.32 Å². The van der Waals surface area contributed by atoms with Gasteiger partial charge in [-0.25, -0.2) is 9.59 Å². The van der Waals surface area contributed by atoms with E-state index in [1.165, 1.54) is 25.3 Å². The summed E-state index contributed by atoms with van der Waals surface area (Å²) in [7, 11) is 1.41. The zero-order valence-electron chi connectivity index (χ0n) is 16.7. The third kappa shape index (κ3) is 5.75. The molecule has 0 aliphatic rings. The lowest BCUT2D eigenvalue weighted by Crippen LogP contribution is -2.27. The highest BCUT2D eigenvalue weighted by atomic mass is 16.6. The number of aliphatic carboxylic acids is 1. The molecule has 30 heavy (non-hydrogen) atoms. The maximum absolute atomic E-state index is 12.5. The summed E-state index contributed by atoms with van der Waals surface area (Å²) in [5, 5.41) is 30.5. The molecular formula is C22H22N2O6. The topological polar surface area (TPSA) is 129 Å². The first-order chi connectivity index (χ1) is 14.2. The zero-order valence-corrected chi connectivity index (χ0v) is 16.7. The van der Waals surface area contributed by atoms with E-state index in [1.807, 2.05) is 6.07 Å². The summed E-state index contributed by atoms with van der Waals surface area (Å²) in [6.45, 7) is 3.40. The normalized spacial score (nSPS) is 12.1. The summed E-state index contributed by atoms with van der Waals surface area (Å²) < 4.78 is 10.7.